The minimum Gasteiger partial charge on any atom is -0.383 e. The lowest BCUT2D eigenvalue weighted by molar-refractivity contribution is 0.651. The average Bonchev–Trinajstić information content (AvgIpc) is 2.85. The lowest BCUT2D eigenvalue weighted by Crippen LogP contribution is -2.13. The van der Waals surface area contributed by atoms with Gasteiger partial charge < -0.3 is 5.73 Å². The first kappa shape index (κ1) is 13.1. The fourth-order valence-electron chi connectivity index (χ4n) is 2.68. The highest BCUT2D eigenvalue weighted by Gasteiger charge is 2.20. The lowest BCUT2D eigenvalue weighted by Gasteiger charge is -2.17. The molecule has 106 valence electrons. The molecule has 0 fully saturated rings. The number of aromatic nitrogens is 4. The Morgan fingerprint density at radius 3 is 2.70 bits per heavy atom. The molecule has 5 heteroatoms. The van der Waals surface area contributed by atoms with Crippen LogP contribution in [0.5, 0.6) is 0 Å². The van der Waals surface area contributed by atoms with Gasteiger partial charge in [0.1, 0.15) is 23.8 Å². The van der Waals surface area contributed by atoms with Gasteiger partial charge in [-0.3, -0.25) is 4.57 Å². The van der Waals surface area contributed by atoms with E-state index in [0.29, 0.717) is 5.82 Å². The quantitative estimate of drug-likeness (QED) is 0.911. The maximum Gasteiger partial charge on any atom is 0.146 e. The highest BCUT2D eigenvalue weighted by Crippen LogP contribution is 2.26. The van der Waals surface area contributed by atoms with Crippen LogP contribution in [0.4, 0.5) is 5.82 Å². The van der Waals surface area contributed by atoms with Gasteiger partial charge in [-0.15, -0.1) is 0 Å². The van der Waals surface area contributed by atoms with Crippen LogP contribution in [0.3, 0.4) is 0 Å². The van der Waals surface area contributed by atoms with Crippen molar-refractivity contribution in [1.82, 2.24) is 19.5 Å². The Morgan fingerprint density at radius 1 is 1.20 bits per heavy atom. The summed E-state index contributed by atoms with van der Waals surface area (Å²) in [6, 6.07) is 0. The Balaban J connectivity index is 2.16. The van der Waals surface area contributed by atoms with Crippen LogP contribution in [-0.4, -0.2) is 19.5 Å². The third kappa shape index (κ3) is 2.07. The van der Waals surface area contributed by atoms with Crippen LogP contribution < -0.4 is 5.73 Å². The molecule has 0 atom stereocenters. The maximum atomic E-state index is 6.06. The average molecular weight is 271 g/mol. The van der Waals surface area contributed by atoms with E-state index in [-0.39, 0.29) is 5.92 Å². The third-order valence-electron chi connectivity index (χ3n) is 3.95. The van der Waals surface area contributed by atoms with Gasteiger partial charge in [-0.05, 0) is 32.6 Å². The molecular weight excluding hydrogens is 250 g/mol. The van der Waals surface area contributed by atoms with Gasteiger partial charge in [-0.1, -0.05) is 13.8 Å². The smallest absolute Gasteiger partial charge is 0.146 e. The van der Waals surface area contributed by atoms with Crippen LogP contribution in [0.25, 0.3) is 5.82 Å². The van der Waals surface area contributed by atoms with Crippen molar-refractivity contribution in [3.05, 3.63) is 29.1 Å². The van der Waals surface area contributed by atoms with Crippen LogP contribution in [-0.2, 0) is 12.8 Å². The summed E-state index contributed by atoms with van der Waals surface area (Å²) < 4.78 is 2.10. The van der Waals surface area contributed by atoms with Crippen molar-refractivity contribution in [2.45, 2.75) is 52.4 Å². The lowest BCUT2D eigenvalue weighted by atomic mass is 10.0. The van der Waals surface area contributed by atoms with E-state index >= 15 is 0 Å². The number of anilines is 1. The van der Waals surface area contributed by atoms with Crippen molar-refractivity contribution < 1.29 is 0 Å². The largest absolute Gasteiger partial charge is 0.383 e. The summed E-state index contributed by atoms with van der Waals surface area (Å²) >= 11 is 0. The first-order valence-electron chi connectivity index (χ1n) is 7.27. The number of nitrogens with zero attached hydrogens (tertiary/aromatic N) is 4. The summed E-state index contributed by atoms with van der Waals surface area (Å²) in [5, 5.41) is 0. The standard InChI is InChI=1S/C15H21N5/c1-9(2)14-18-13(16)10(3)15(19-14)20-8-17-11-6-4-5-7-12(11)20/h8-9H,4-7H2,1-3H3,(H2,16,18,19). The maximum absolute atomic E-state index is 6.06. The molecule has 0 aliphatic heterocycles. The summed E-state index contributed by atoms with van der Waals surface area (Å²) in [5.74, 6) is 2.51. The Hall–Kier alpha value is -1.91. The fourth-order valence-corrected chi connectivity index (χ4v) is 2.68. The zero-order chi connectivity index (χ0) is 14.3. The molecule has 5 nitrogen and oxygen atoms in total. The molecule has 0 aromatic carbocycles. The topological polar surface area (TPSA) is 69.6 Å². The van der Waals surface area contributed by atoms with Crippen molar-refractivity contribution >= 4 is 5.82 Å². The Labute approximate surface area is 119 Å². The first-order valence-corrected chi connectivity index (χ1v) is 7.27. The summed E-state index contributed by atoms with van der Waals surface area (Å²) in [4.78, 5) is 13.6. The zero-order valence-electron chi connectivity index (χ0n) is 12.3. The number of nitrogen functional groups attached to an aromatic ring is 1. The van der Waals surface area contributed by atoms with E-state index in [0.717, 1.165) is 30.0 Å². The van der Waals surface area contributed by atoms with Crippen molar-refractivity contribution in [1.29, 1.82) is 0 Å². The van der Waals surface area contributed by atoms with Crippen molar-refractivity contribution in [2.24, 2.45) is 0 Å². The second kappa shape index (κ2) is 4.89. The summed E-state index contributed by atoms with van der Waals surface area (Å²) in [5.41, 5.74) is 9.48. The van der Waals surface area contributed by atoms with Crippen molar-refractivity contribution in [2.75, 3.05) is 5.73 Å². The molecule has 3 rings (SSSR count). The van der Waals surface area contributed by atoms with Gasteiger partial charge in [0, 0.05) is 17.2 Å². The van der Waals surface area contributed by atoms with E-state index in [2.05, 4.69) is 28.4 Å². The van der Waals surface area contributed by atoms with Crippen molar-refractivity contribution in [3.63, 3.8) is 0 Å². The third-order valence-corrected chi connectivity index (χ3v) is 3.95. The highest BCUT2D eigenvalue weighted by molar-refractivity contribution is 5.49. The molecule has 20 heavy (non-hydrogen) atoms. The zero-order valence-corrected chi connectivity index (χ0v) is 12.3. The molecule has 0 amide bonds. The molecule has 0 unspecified atom stereocenters. The number of rotatable bonds is 2. The Morgan fingerprint density at radius 2 is 1.95 bits per heavy atom. The SMILES string of the molecule is Cc1c(N)nc(C(C)C)nc1-n1cnc2c1CCCC2. The van der Waals surface area contributed by atoms with Crippen LogP contribution in [0.15, 0.2) is 6.33 Å². The molecule has 0 radical (unpaired) electrons. The second-order valence-electron chi connectivity index (χ2n) is 5.79. The monoisotopic (exact) mass is 271 g/mol. The summed E-state index contributed by atoms with van der Waals surface area (Å²) in [6.07, 6.45) is 6.46. The van der Waals surface area contributed by atoms with Gasteiger partial charge in [0.15, 0.2) is 0 Å². The Bertz CT molecular complexity index is 642. The molecule has 2 heterocycles. The molecule has 0 saturated carbocycles. The molecule has 0 bridgehead atoms. The van der Waals surface area contributed by atoms with E-state index in [4.69, 9.17) is 10.7 Å². The molecule has 2 aromatic rings. The first-order chi connectivity index (χ1) is 9.58. The molecule has 0 spiro atoms. The normalized spacial score (nSPS) is 14.6. The number of fused-ring (bicyclic) bond motifs is 1. The molecule has 1 aliphatic carbocycles. The van der Waals surface area contributed by atoms with Crippen LogP contribution in [0, 0.1) is 6.92 Å². The van der Waals surface area contributed by atoms with E-state index in [1.54, 1.807) is 0 Å². The minimum absolute atomic E-state index is 0.260. The molecule has 0 saturated heterocycles. The molecule has 2 aromatic heterocycles. The fraction of sp³-hybridized carbons (Fsp3) is 0.533. The minimum atomic E-state index is 0.260. The summed E-state index contributed by atoms with van der Waals surface area (Å²) in [7, 11) is 0. The number of hydrogen-bond acceptors (Lipinski definition) is 4. The van der Waals surface area contributed by atoms with Gasteiger partial charge in [0.05, 0.1) is 5.69 Å². The van der Waals surface area contributed by atoms with Gasteiger partial charge in [0.25, 0.3) is 0 Å². The van der Waals surface area contributed by atoms with Gasteiger partial charge in [0.2, 0.25) is 0 Å². The van der Waals surface area contributed by atoms with E-state index < -0.39 is 0 Å². The number of imidazole rings is 1. The van der Waals surface area contributed by atoms with E-state index in [1.165, 1.54) is 24.2 Å². The predicted molar refractivity (Wildman–Crippen MR) is 79.0 cm³/mol. The number of aryl methyl sites for hydroxylation is 1. The second-order valence-corrected chi connectivity index (χ2v) is 5.79. The van der Waals surface area contributed by atoms with Gasteiger partial charge in [-0.2, -0.15) is 0 Å². The van der Waals surface area contributed by atoms with E-state index in [1.807, 2.05) is 13.3 Å². The van der Waals surface area contributed by atoms with Crippen molar-refractivity contribution in [3.8, 4) is 5.82 Å². The highest BCUT2D eigenvalue weighted by atomic mass is 15.1. The summed E-state index contributed by atoms with van der Waals surface area (Å²) in [6.45, 7) is 6.14. The van der Waals surface area contributed by atoms with Crippen LogP contribution in [0.1, 0.15) is 55.4 Å². The Kier molecular flexibility index (Phi) is 3.20. The number of nitrogens with two attached hydrogens (primary N) is 1. The van der Waals surface area contributed by atoms with Crippen LogP contribution >= 0.6 is 0 Å². The predicted octanol–water partition coefficient (Wildman–Crippen LogP) is 2.56. The number of hydrogen-bond donors (Lipinski definition) is 1. The van der Waals surface area contributed by atoms with E-state index in [9.17, 15) is 0 Å². The molecule has 2 N–H and O–H groups in total. The van der Waals surface area contributed by atoms with Gasteiger partial charge >= 0.3 is 0 Å². The molecule has 1 aliphatic rings. The van der Waals surface area contributed by atoms with Gasteiger partial charge in [-0.25, -0.2) is 15.0 Å². The van der Waals surface area contributed by atoms with Crippen LogP contribution in [0.2, 0.25) is 0 Å². The molecular formula is C15H21N5.